The lowest BCUT2D eigenvalue weighted by atomic mass is 10.3. The summed E-state index contributed by atoms with van der Waals surface area (Å²) in [5.41, 5.74) is 0.468. The van der Waals surface area contributed by atoms with Crippen molar-refractivity contribution in [1.29, 1.82) is 0 Å². The van der Waals surface area contributed by atoms with Gasteiger partial charge < -0.3 is 0 Å². The van der Waals surface area contributed by atoms with E-state index in [4.69, 9.17) is 0 Å². The van der Waals surface area contributed by atoms with E-state index in [1.165, 1.54) is 12.1 Å². The van der Waals surface area contributed by atoms with Crippen molar-refractivity contribution < 1.29 is 21.5 Å². The predicted octanol–water partition coefficient (Wildman–Crippen LogP) is 2.60. The van der Waals surface area contributed by atoms with E-state index in [9.17, 15) is 21.5 Å². The third-order valence-electron chi connectivity index (χ3n) is 3.12. The number of hydrogen-bond donors (Lipinski definition) is 0. The summed E-state index contributed by atoms with van der Waals surface area (Å²) in [6, 6.07) is 2.51. The Hall–Kier alpha value is -1.13. The van der Waals surface area contributed by atoms with Gasteiger partial charge in [-0.2, -0.15) is 8.42 Å². The maximum absolute atomic E-state index is 13.3. The number of aromatic nitrogens is 1. The fourth-order valence-electron chi connectivity index (χ4n) is 2.11. The molecule has 112 valence electrons. The van der Waals surface area contributed by atoms with Gasteiger partial charge >= 0.3 is 10.2 Å². The van der Waals surface area contributed by atoms with Gasteiger partial charge in [0.1, 0.15) is 11.1 Å². The van der Waals surface area contributed by atoms with Gasteiger partial charge in [-0.25, -0.2) is 9.37 Å². The first-order chi connectivity index (χ1) is 9.75. The zero-order chi connectivity index (χ0) is 15.4. The molecule has 1 fully saturated rings. The molecule has 1 atom stereocenters. The molecule has 1 aliphatic rings. The molecule has 1 amide bonds. The number of carbonyl (C=O) groups is 1. The molecule has 5 nitrogen and oxygen atoms in total. The highest BCUT2D eigenvalue weighted by Crippen LogP contribution is 2.36. The Morgan fingerprint density at radius 1 is 1.43 bits per heavy atom. The van der Waals surface area contributed by atoms with Crippen molar-refractivity contribution in [2.75, 3.05) is 11.4 Å². The van der Waals surface area contributed by atoms with Gasteiger partial charge in [0, 0.05) is 17.4 Å². The van der Waals surface area contributed by atoms with Gasteiger partial charge in [0.25, 0.3) is 0 Å². The van der Waals surface area contributed by atoms with E-state index in [0.29, 0.717) is 14.7 Å². The van der Waals surface area contributed by atoms with Crippen LogP contribution in [0, 0.1) is 5.82 Å². The highest BCUT2D eigenvalue weighted by molar-refractivity contribution is 9.10. The molecule has 0 bridgehead atoms. The van der Waals surface area contributed by atoms with Crippen molar-refractivity contribution in [2.24, 2.45) is 0 Å². The van der Waals surface area contributed by atoms with Crippen molar-refractivity contribution in [3.05, 3.63) is 22.4 Å². The second-order valence-corrected chi connectivity index (χ2v) is 8.02. The molecule has 1 unspecified atom stereocenters. The van der Waals surface area contributed by atoms with Crippen LogP contribution < -0.4 is 4.90 Å². The Morgan fingerprint density at radius 2 is 2.14 bits per heavy atom. The van der Waals surface area contributed by atoms with Crippen LogP contribution in [-0.4, -0.2) is 31.1 Å². The van der Waals surface area contributed by atoms with Gasteiger partial charge in [0.15, 0.2) is 5.13 Å². The van der Waals surface area contributed by atoms with E-state index in [-0.39, 0.29) is 11.7 Å². The highest BCUT2D eigenvalue weighted by Gasteiger charge is 2.40. The molecule has 1 aliphatic heterocycles. The maximum Gasteiger partial charge on any atom is 0.307 e. The van der Waals surface area contributed by atoms with Crippen molar-refractivity contribution in [3.63, 3.8) is 0 Å². The number of thiazole rings is 1. The molecule has 10 heteroatoms. The number of hydrogen-bond acceptors (Lipinski definition) is 5. The molecule has 0 saturated carbocycles. The Balaban J connectivity index is 2.02. The number of carbonyl (C=O) groups excluding carboxylic acids is 1. The summed E-state index contributed by atoms with van der Waals surface area (Å²) in [7, 11) is -4.78. The molecule has 0 spiro atoms. The van der Waals surface area contributed by atoms with Crippen LogP contribution in [0.5, 0.6) is 0 Å². The Bertz CT molecular complexity index is 853. The van der Waals surface area contributed by atoms with Crippen LogP contribution in [0.15, 0.2) is 16.6 Å². The Morgan fingerprint density at radius 3 is 2.76 bits per heavy atom. The van der Waals surface area contributed by atoms with Crippen LogP contribution in [0.25, 0.3) is 10.2 Å². The summed E-state index contributed by atoms with van der Waals surface area (Å²) in [5.74, 6) is -0.974. The zero-order valence-corrected chi connectivity index (χ0v) is 13.4. The fraction of sp³-hybridized carbons (Fsp3) is 0.273. The summed E-state index contributed by atoms with van der Waals surface area (Å²) >= 11 is 4.22. The first kappa shape index (κ1) is 14.8. The highest BCUT2D eigenvalue weighted by atomic mass is 79.9. The number of nitrogens with zero attached hydrogens (tertiary/aromatic N) is 2. The third-order valence-corrected chi connectivity index (χ3v) is 5.86. The quantitative estimate of drug-likeness (QED) is 0.731. The molecule has 2 heterocycles. The van der Waals surface area contributed by atoms with E-state index in [1.54, 1.807) is 0 Å². The van der Waals surface area contributed by atoms with Crippen LogP contribution >= 0.6 is 27.3 Å². The summed E-state index contributed by atoms with van der Waals surface area (Å²) in [5, 5.41) is -1.15. The predicted molar refractivity (Wildman–Crippen MR) is 78.1 cm³/mol. The van der Waals surface area contributed by atoms with Crippen LogP contribution in [0.3, 0.4) is 0 Å². The van der Waals surface area contributed by atoms with Crippen molar-refractivity contribution >= 4 is 58.7 Å². The molecular formula is C11H7BrF2N2O3S2. The first-order valence-corrected chi connectivity index (χ1v) is 8.81. The molecule has 21 heavy (non-hydrogen) atoms. The fourth-order valence-corrected chi connectivity index (χ4v) is 4.47. The van der Waals surface area contributed by atoms with E-state index < -0.39 is 33.6 Å². The average Bonchev–Trinajstić information content (AvgIpc) is 2.91. The maximum atomic E-state index is 13.3. The van der Waals surface area contributed by atoms with E-state index >= 15 is 0 Å². The lowest BCUT2D eigenvalue weighted by Crippen LogP contribution is -2.26. The lowest BCUT2D eigenvalue weighted by molar-refractivity contribution is -0.117. The van der Waals surface area contributed by atoms with Crippen LogP contribution in [0.4, 0.5) is 13.4 Å². The molecular weight excluding hydrogens is 390 g/mol. The second kappa shape index (κ2) is 4.96. The molecule has 0 aliphatic carbocycles. The van der Waals surface area contributed by atoms with Gasteiger partial charge in [-0.1, -0.05) is 11.3 Å². The van der Waals surface area contributed by atoms with Crippen molar-refractivity contribution in [2.45, 2.75) is 11.7 Å². The van der Waals surface area contributed by atoms with E-state index in [1.807, 2.05) is 0 Å². The molecule has 2 aromatic rings. The summed E-state index contributed by atoms with van der Waals surface area (Å²) in [4.78, 5) is 17.2. The van der Waals surface area contributed by atoms with Gasteiger partial charge in [0.05, 0.1) is 10.2 Å². The summed E-state index contributed by atoms with van der Waals surface area (Å²) in [6.07, 6.45) is -0.412. The third kappa shape index (κ3) is 2.67. The van der Waals surface area contributed by atoms with Gasteiger partial charge in [-0.3, -0.25) is 9.69 Å². The zero-order valence-electron chi connectivity index (χ0n) is 10.2. The van der Waals surface area contributed by atoms with Crippen LogP contribution in [0.1, 0.15) is 6.42 Å². The number of fused-ring (bicyclic) bond motifs is 1. The smallest absolute Gasteiger partial charge is 0.287 e. The Labute approximate surface area is 130 Å². The first-order valence-electron chi connectivity index (χ1n) is 5.75. The Kier molecular flexibility index (Phi) is 3.49. The normalized spacial score (nSPS) is 19.7. The number of anilines is 1. The molecule has 0 N–H and O–H groups in total. The number of amides is 1. The van der Waals surface area contributed by atoms with Crippen LogP contribution in [-0.2, 0) is 15.0 Å². The molecule has 1 aromatic carbocycles. The number of halogens is 3. The summed E-state index contributed by atoms with van der Waals surface area (Å²) in [6.45, 7) is -0.280. The van der Waals surface area contributed by atoms with Crippen LogP contribution in [0.2, 0.25) is 0 Å². The minimum Gasteiger partial charge on any atom is -0.287 e. The minimum absolute atomic E-state index is 0.229. The minimum atomic E-state index is -4.78. The molecule has 1 aromatic heterocycles. The topological polar surface area (TPSA) is 67.3 Å². The monoisotopic (exact) mass is 396 g/mol. The molecule has 3 rings (SSSR count). The lowest BCUT2D eigenvalue weighted by Gasteiger charge is -2.11. The standard InChI is InChI=1S/C11H7BrF2N2O3S2/c12-7-1-5(13)2-8-10(7)15-11(20-8)16-4-6(3-9(16)17)21(14,18)19/h1-2,6H,3-4H2. The molecule has 0 radical (unpaired) electrons. The van der Waals surface area contributed by atoms with Crippen molar-refractivity contribution in [3.8, 4) is 0 Å². The summed E-state index contributed by atoms with van der Waals surface area (Å²) < 4.78 is 49.1. The second-order valence-electron chi connectivity index (χ2n) is 4.54. The van der Waals surface area contributed by atoms with E-state index in [2.05, 4.69) is 20.9 Å². The van der Waals surface area contributed by atoms with Gasteiger partial charge in [-0.15, -0.1) is 3.89 Å². The number of rotatable bonds is 2. The van der Waals surface area contributed by atoms with Gasteiger partial charge in [-0.05, 0) is 28.1 Å². The van der Waals surface area contributed by atoms with Gasteiger partial charge in [0.2, 0.25) is 5.91 Å². The number of benzene rings is 1. The average molecular weight is 397 g/mol. The SMILES string of the molecule is O=C1CC(S(=O)(=O)F)CN1c1nc2c(Br)cc(F)cc2s1. The van der Waals surface area contributed by atoms with E-state index in [0.717, 1.165) is 16.2 Å². The largest absolute Gasteiger partial charge is 0.307 e. The molecule has 1 saturated heterocycles. The van der Waals surface area contributed by atoms with Crippen molar-refractivity contribution in [1.82, 2.24) is 4.98 Å².